The molecule has 6 rings (SSSR count). The standard InChI is InChI=1S/C24H27NO4/c26-22(24-11-16-8-17(12-24)10-18(9-16)13-24)15-29-23(27)20-5-1-2-6-21(20)25-14-19-4-3-7-28-19/h1-7,16-18,25H,8-15H2. The molecule has 0 radical (unpaired) electrons. The van der Waals surface area contributed by atoms with Gasteiger partial charge in [-0.2, -0.15) is 0 Å². The fraction of sp³-hybridized carbons (Fsp3) is 0.500. The average Bonchev–Trinajstić information content (AvgIpc) is 3.23. The largest absolute Gasteiger partial charge is 0.467 e. The van der Waals surface area contributed by atoms with E-state index >= 15 is 0 Å². The van der Waals surface area contributed by atoms with Crippen LogP contribution in [-0.2, 0) is 16.1 Å². The molecule has 0 spiro atoms. The zero-order chi connectivity index (χ0) is 19.8. The second-order valence-electron chi connectivity index (χ2n) is 9.18. The Hall–Kier alpha value is -2.56. The molecule has 5 nitrogen and oxygen atoms in total. The van der Waals surface area contributed by atoms with Crippen molar-refractivity contribution in [1.82, 2.24) is 0 Å². The third-order valence-electron chi connectivity index (χ3n) is 7.14. The van der Waals surface area contributed by atoms with Crippen molar-refractivity contribution in [3.63, 3.8) is 0 Å². The second kappa shape index (κ2) is 7.36. The third kappa shape index (κ3) is 3.59. The highest BCUT2D eigenvalue weighted by molar-refractivity contribution is 5.97. The van der Waals surface area contributed by atoms with E-state index < -0.39 is 5.97 Å². The summed E-state index contributed by atoms with van der Waals surface area (Å²) in [5.74, 6) is 2.56. The Bertz CT molecular complexity index is 866. The van der Waals surface area contributed by atoms with Crippen molar-refractivity contribution in [3.05, 3.63) is 54.0 Å². The van der Waals surface area contributed by atoms with Gasteiger partial charge in [-0.15, -0.1) is 0 Å². The van der Waals surface area contributed by atoms with Crippen LogP contribution in [0.2, 0.25) is 0 Å². The number of carbonyl (C=O) groups is 2. The van der Waals surface area contributed by atoms with Crippen molar-refractivity contribution in [2.45, 2.75) is 45.1 Å². The van der Waals surface area contributed by atoms with Crippen LogP contribution in [0.5, 0.6) is 0 Å². The molecule has 152 valence electrons. The SMILES string of the molecule is O=C(OCC(=O)C12CC3CC(CC(C3)C1)C2)c1ccccc1NCc1ccco1. The summed E-state index contributed by atoms with van der Waals surface area (Å²) in [5, 5.41) is 3.21. The molecule has 1 aromatic heterocycles. The Morgan fingerprint density at radius 1 is 1.00 bits per heavy atom. The highest BCUT2D eigenvalue weighted by atomic mass is 16.5. The number of ketones is 1. The maximum atomic E-state index is 13.1. The van der Waals surface area contributed by atoms with Crippen molar-refractivity contribution in [3.8, 4) is 0 Å². The fourth-order valence-corrected chi connectivity index (χ4v) is 6.22. The smallest absolute Gasteiger partial charge is 0.340 e. The number of hydrogen-bond acceptors (Lipinski definition) is 5. The van der Waals surface area contributed by atoms with Gasteiger partial charge in [0.15, 0.2) is 12.4 Å². The molecule has 0 atom stereocenters. The van der Waals surface area contributed by atoms with Crippen molar-refractivity contribution in [2.75, 3.05) is 11.9 Å². The Balaban J connectivity index is 1.23. The molecule has 1 N–H and O–H groups in total. The molecule has 4 aliphatic rings. The van der Waals surface area contributed by atoms with Crippen LogP contribution in [0, 0.1) is 23.2 Å². The van der Waals surface area contributed by atoms with Crippen LogP contribution in [0.4, 0.5) is 5.69 Å². The first kappa shape index (κ1) is 18.5. The monoisotopic (exact) mass is 393 g/mol. The van der Waals surface area contributed by atoms with Crippen LogP contribution in [0.15, 0.2) is 47.1 Å². The molecule has 1 aromatic carbocycles. The number of benzene rings is 1. The number of ether oxygens (including phenoxy) is 1. The molecule has 0 aliphatic heterocycles. The lowest BCUT2D eigenvalue weighted by Crippen LogP contribution is -2.51. The number of carbonyl (C=O) groups excluding carboxylic acids is 2. The number of furan rings is 1. The van der Waals surface area contributed by atoms with Crippen LogP contribution >= 0.6 is 0 Å². The Morgan fingerprint density at radius 3 is 2.34 bits per heavy atom. The zero-order valence-electron chi connectivity index (χ0n) is 16.6. The molecule has 4 saturated carbocycles. The number of hydrogen-bond donors (Lipinski definition) is 1. The van der Waals surface area contributed by atoms with Gasteiger partial charge in [0, 0.05) is 11.1 Å². The van der Waals surface area contributed by atoms with E-state index in [0.29, 0.717) is 35.5 Å². The number of para-hydroxylation sites is 1. The maximum absolute atomic E-state index is 13.1. The van der Waals surface area contributed by atoms with E-state index in [1.807, 2.05) is 24.3 Å². The van der Waals surface area contributed by atoms with Crippen molar-refractivity contribution in [1.29, 1.82) is 0 Å². The molecule has 4 fully saturated rings. The predicted molar refractivity (Wildman–Crippen MR) is 108 cm³/mol. The first-order valence-corrected chi connectivity index (χ1v) is 10.7. The van der Waals surface area contributed by atoms with Crippen LogP contribution in [0.1, 0.15) is 54.6 Å². The summed E-state index contributed by atoms with van der Waals surface area (Å²) in [6.45, 7) is 0.362. The summed E-state index contributed by atoms with van der Waals surface area (Å²) in [4.78, 5) is 25.8. The normalized spacial score (nSPS) is 29.6. The van der Waals surface area contributed by atoms with E-state index in [1.165, 1.54) is 19.3 Å². The Labute approximate surface area is 170 Å². The Morgan fingerprint density at radius 2 is 1.69 bits per heavy atom. The molecule has 29 heavy (non-hydrogen) atoms. The first-order valence-electron chi connectivity index (χ1n) is 10.7. The number of rotatable bonds is 7. The molecule has 0 unspecified atom stereocenters. The van der Waals surface area contributed by atoms with E-state index in [2.05, 4.69) is 5.32 Å². The van der Waals surface area contributed by atoms with Crippen molar-refractivity contribution in [2.24, 2.45) is 23.2 Å². The molecule has 0 saturated heterocycles. The van der Waals surface area contributed by atoms with Gasteiger partial charge in [0.2, 0.25) is 0 Å². The van der Waals surface area contributed by atoms with Gasteiger partial charge < -0.3 is 14.5 Å². The topological polar surface area (TPSA) is 68.5 Å². The summed E-state index contributed by atoms with van der Waals surface area (Å²) in [5.41, 5.74) is 0.889. The van der Waals surface area contributed by atoms with Gasteiger partial charge in [0.25, 0.3) is 0 Å². The van der Waals surface area contributed by atoms with Crippen LogP contribution in [0.3, 0.4) is 0 Å². The number of esters is 1. The lowest BCUT2D eigenvalue weighted by Gasteiger charge is -2.55. The predicted octanol–water partition coefficient (Wildman–Crippen LogP) is 4.83. The summed E-state index contributed by atoms with van der Waals surface area (Å²) < 4.78 is 10.8. The fourth-order valence-electron chi connectivity index (χ4n) is 6.22. The minimum absolute atomic E-state index is 0.114. The minimum Gasteiger partial charge on any atom is -0.467 e. The minimum atomic E-state index is -0.453. The lowest BCUT2D eigenvalue weighted by molar-refractivity contribution is -0.147. The highest BCUT2D eigenvalue weighted by Gasteiger charge is 2.54. The Kier molecular flexibility index (Phi) is 4.69. The molecule has 4 bridgehead atoms. The summed E-state index contributed by atoms with van der Waals surface area (Å²) in [6, 6.07) is 10.9. The van der Waals surface area contributed by atoms with Crippen molar-refractivity contribution < 1.29 is 18.7 Å². The molecular formula is C24H27NO4. The number of Topliss-reactive ketones (excluding diaryl/α,β-unsaturated/α-hetero) is 1. The lowest BCUT2D eigenvalue weighted by atomic mass is 9.48. The van der Waals surface area contributed by atoms with Crippen molar-refractivity contribution >= 4 is 17.4 Å². The van der Waals surface area contributed by atoms with E-state index in [9.17, 15) is 9.59 Å². The molecule has 0 amide bonds. The zero-order valence-corrected chi connectivity index (χ0v) is 16.6. The summed E-state index contributed by atoms with van der Waals surface area (Å²) in [7, 11) is 0. The third-order valence-corrected chi connectivity index (χ3v) is 7.14. The van der Waals surface area contributed by atoms with E-state index in [0.717, 1.165) is 25.0 Å². The molecule has 4 aliphatic carbocycles. The van der Waals surface area contributed by atoms with Gasteiger partial charge in [-0.1, -0.05) is 12.1 Å². The van der Waals surface area contributed by atoms with Crippen LogP contribution in [-0.4, -0.2) is 18.4 Å². The van der Waals surface area contributed by atoms with Gasteiger partial charge >= 0.3 is 5.97 Å². The quantitative estimate of drug-likeness (QED) is 0.682. The van der Waals surface area contributed by atoms with Gasteiger partial charge in [-0.05, 0) is 80.5 Å². The molecule has 5 heteroatoms. The van der Waals surface area contributed by atoms with Gasteiger partial charge in [0.1, 0.15) is 5.76 Å². The van der Waals surface area contributed by atoms with E-state index in [-0.39, 0.29) is 17.8 Å². The van der Waals surface area contributed by atoms with Gasteiger partial charge in [-0.25, -0.2) is 4.79 Å². The second-order valence-corrected chi connectivity index (χ2v) is 9.18. The molecular weight excluding hydrogens is 366 g/mol. The van der Waals surface area contributed by atoms with E-state index in [1.54, 1.807) is 18.4 Å². The molecule has 2 aromatic rings. The number of nitrogens with one attached hydrogen (secondary N) is 1. The van der Waals surface area contributed by atoms with Crippen LogP contribution < -0.4 is 5.32 Å². The molecule has 1 heterocycles. The maximum Gasteiger partial charge on any atom is 0.340 e. The summed E-state index contributed by atoms with van der Waals surface area (Å²) in [6.07, 6.45) is 8.49. The highest BCUT2D eigenvalue weighted by Crippen LogP contribution is 2.60. The first-order chi connectivity index (χ1) is 14.1. The van der Waals surface area contributed by atoms with Gasteiger partial charge in [0.05, 0.1) is 18.4 Å². The average molecular weight is 393 g/mol. The van der Waals surface area contributed by atoms with E-state index in [4.69, 9.17) is 9.15 Å². The van der Waals surface area contributed by atoms with Crippen LogP contribution in [0.25, 0.3) is 0 Å². The van der Waals surface area contributed by atoms with Gasteiger partial charge in [-0.3, -0.25) is 4.79 Å². The summed E-state index contributed by atoms with van der Waals surface area (Å²) >= 11 is 0. The number of anilines is 1.